The van der Waals surface area contributed by atoms with Gasteiger partial charge in [0.2, 0.25) is 0 Å². The van der Waals surface area contributed by atoms with Crippen LogP contribution in [0, 0.1) is 0 Å². The molecule has 3 aromatic rings. The summed E-state index contributed by atoms with van der Waals surface area (Å²) in [7, 11) is 1.60. The Morgan fingerprint density at radius 3 is 2.38 bits per heavy atom. The molecule has 134 valence electrons. The number of hydrogen-bond donors (Lipinski definition) is 1. The molecular weight excluding hydrogens is 437 g/mol. The molecule has 2 aromatic carbocycles. The quantitative estimate of drug-likeness (QED) is 0.506. The van der Waals surface area contributed by atoms with Gasteiger partial charge in [-0.1, -0.05) is 57.3 Å². The molecule has 3 nitrogen and oxygen atoms in total. The molecule has 0 spiro atoms. The highest BCUT2D eigenvalue weighted by atomic mass is 79.9. The first kappa shape index (κ1) is 19.3. The topological polar surface area (TPSA) is 42.4 Å². The van der Waals surface area contributed by atoms with Gasteiger partial charge in [-0.05, 0) is 30.3 Å². The second kappa shape index (κ2) is 8.51. The molecule has 26 heavy (non-hydrogen) atoms. The smallest absolute Gasteiger partial charge is 0.0888 e. The predicted molar refractivity (Wildman–Crippen MR) is 109 cm³/mol. The lowest BCUT2D eigenvalue weighted by Crippen LogP contribution is -2.03. The van der Waals surface area contributed by atoms with E-state index >= 15 is 0 Å². The van der Waals surface area contributed by atoms with Crippen LogP contribution in [0.15, 0.2) is 53.0 Å². The summed E-state index contributed by atoms with van der Waals surface area (Å²) >= 11 is 15.9. The van der Waals surface area contributed by atoms with Gasteiger partial charge >= 0.3 is 0 Å². The second-order valence-corrected chi connectivity index (χ2v) is 7.47. The number of nitrogens with zero attached hydrogens (tertiary/aromatic N) is 1. The largest absolute Gasteiger partial charge is 0.392 e. The highest BCUT2D eigenvalue weighted by Gasteiger charge is 2.17. The Morgan fingerprint density at radius 2 is 1.77 bits per heavy atom. The zero-order chi connectivity index (χ0) is 18.7. The lowest BCUT2D eigenvalue weighted by atomic mass is 9.96. The average molecular weight is 453 g/mol. The molecule has 6 heteroatoms. The summed E-state index contributed by atoms with van der Waals surface area (Å²) in [6.07, 6.45) is 0. The van der Waals surface area contributed by atoms with Gasteiger partial charge in [0.1, 0.15) is 0 Å². The molecule has 1 N–H and O–H groups in total. The maximum atomic E-state index is 9.77. The fraction of sp³-hybridized carbons (Fsp3) is 0.150. The van der Waals surface area contributed by atoms with Gasteiger partial charge in [0.25, 0.3) is 0 Å². The number of rotatable bonds is 5. The molecule has 0 amide bonds. The maximum absolute atomic E-state index is 9.77. The third-order valence-corrected chi connectivity index (χ3v) is 5.06. The van der Waals surface area contributed by atoms with E-state index in [-0.39, 0.29) is 6.61 Å². The van der Waals surface area contributed by atoms with Crippen molar-refractivity contribution in [3.8, 4) is 22.4 Å². The van der Waals surface area contributed by atoms with Gasteiger partial charge in [-0.3, -0.25) is 0 Å². The van der Waals surface area contributed by atoms with Gasteiger partial charge < -0.3 is 9.84 Å². The molecule has 0 aliphatic heterocycles. The molecular formula is C20H16BrCl2NO2. The summed E-state index contributed by atoms with van der Waals surface area (Å²) in [6, 6.07) is 15.1. The fourth-order valence-corrected chi connectivity index (χ4v) is 3.51. The van der Waals surface area contributed by atoms with Crippen LogP contribution in [0.3, 0.4) is 0 Å². The van der Waals surface area contributed by atoms with Gasteiger partial charge in [0.15, 0.2) is 0 Å². The number of aliphatic hydroxyl groups is 1. The summed E-state index contributed by atoms with van der Waals surface area (Å²) in [6.45, 7) is 0.179. The molecule has 0 unspecified atom stereocenters. The van der Waals surface area contributed by atoms with Crippen molar-refractivity contribution in [2.75, 3.05) is 7.11 Å². The molecule has 0 bridgehead atoms. The molecule has 1 aromatic heterocycles. The third kappa shape index (κ3) is 4.11. The monoisotopic (exact) mass is 451 g/mol. The molecule has 0 atom stereocenters. The Hall–Kier alpha value is -1.43. The normalized spacial score (nSPS) is 11.0. The van der Waals surface area contributed by atoms with Crippen LogP contribution in [0.4, 0.5) is 0 Å². The van der Waals surface area contributed by atoms with Crippen molar-refractivity contribution in [1.29, 1.82) is 0 Å². The number of benzene rings is 2. The van der Waals surface area contributed by atoms with Crippen LogP contribution in [-0.4, -0.2) is 17.2 Å². The maximum Gasteiger partial charge on any atom is 0.0888 e. The summed E-state index contributed by atoms with van der Waals surface area (Å²) in [5.41, 5.74) is 4.75. The van der Waals surface area contributed by atoms with Crippen molar-refractivity contribution in [3.05, 3.63) is 74.3 Å². The second-order valence-electron chi connectivity index (χ2n) is 5.71. The minimum absolute atomic E-state index is 0.134. The predicted octanol–water partition coefficient (Wildman–Crippen LogP) is 6.12. The van der Waals surface area contributed by atoms with Gasteiger partial charge in [-0.15, -0.1) is 0 Å². The van der Waals surface area contributed by atoms with E-state index in [4.69, 9.17) is 32.9 Å². The Balaban J connectivity index is 2.28. The number of aromatic nitrogens is 1. The van der Waals surface area contributed by atoms with Crippen molar-refractivity contribution >= 4 is 39.1 Å². The molecule has 0 radical (unpaired) electrons. The molecule has 0 saturated carbocycles. The zero-order valence-electron chi connectivity index (χ0n) is 14.0. The third-order valence-electron chi connectivity index (χ3n) is 3.98. The fourth-order valence-electron chi connectivity index (χ4n) is 2.73. The highest BCUT2D eigenvalue weighted by Crippen LogP contribution is 2.37. The molecule has 1 heterocycles. The summed E-state index contributed by atoms with van der Waals surface area (Å²) < 4.78 is 6.22. The van der Waals surface area contributed by atoms with Gasteiger partial charge in [0, 0.05) is 43.9 Å². The van der Waals surface area contributed by atoms with E-state index in [0.717, 1.165) is 26.9 Å². The minimum atomic E-state index is -0.134. The molecule has 0 aliphatic carbocycles. The van der Waals surface area contributed by atoms with Crippen molar-refractivity contribution < 1.29 is 9.84 Å². The average Bonchev–Trinajstić information content (AvgIpc) is 2.63. The minimum Gasteiger partial charge on any atom is -0.392 e. The number of ether oxygens (including phenoxy) is 1. The van der Waals surface area contributed by atoms with Crippen molar-refractivity contribution in [3.63, 3.8) is 0 Å². The molecule has 0 saturated heterocycles. The van der Waals surface area contributed by atoms with E-state index in [2.05, 4.69) is 15.9 Å². The number of methoxy groups -OCH3 is 1. The van der Waals surface area contributed by atoms with Crippen LogP contribution in [0.5, 0.6) is 0 Å². The van der Waals surface area contributed by atoms with Gasteiger partial charge in [-0.2, -0.15) is 0 Å². The van der Waals surface area contributed by atoms with Crippen LogP contribution < -0.4 is 0 Å². The van der Waals surface area contributed by atoms with E-state index in [9.17, 15) is 5.11 Å². The Labute approximate surface area is 170 Å². The number of hydrogen-bond acceptors (Lipinski definition) is 3. The summed E-state index contributed by atoms with van der Waals surface area (Å²) in [5.74, 6) is 0. The lowest BCUT2D eigenvalue weighted by Gasteiger charge is -2.16. The standard InChI is InChI=1S/C20H16BrCl2NO2/c1-26-11-19-13(10-25)8-17(16-7-6-15(22)9-18(16)23)20(24-19)12-2-4-14(21)5-3-12/h2-9,25H,10-11H2,1H3. The van der Waals surface area contributed by atoms with Gasteiger partial charge in [-0.25, -0.2) is 4.98 Å². The van der Waals surface area contributed by atoms with E-state index in [1.807, 2.05) is 36.4 Å². The Bertz CT molecular complexity index is 930. The van der Waals surface area contributed by atoms with Crippen LogP contribution in [-0.2, 0) is 18.0 Å². The van der Waals surface area contributed by atoms with E-state index in [1.165, 1.54) is 0 Å². The molecule has 3 rings (SSSR count). The zero-order valence-corrected chi connectivity index (χ0v) is 17.1. The highest BCUT2D eigenvalue weighted by molar-refractivity contribution is 9.10. The van der Waals surface area contributed by atoms with Crippen LogP contribution in [0.25, 0.3) is 22.4 Å². The lowest BCUT2D eigenvalue weighted by molar-refractivity contribution is 0.178. The number of pyridine rings is 1. The van der Waals surface area contributed by atoms with Crippen LogP contribution in [0.1, 0.15) is 11.3 Å². The van der Waals surface area contributed by atoms with E-state index < -0.39 is 0 Å². The van der Waals surface area contributed by atoms with E-state index in [1.54, 1.807) is 19.2 Å². The molecule has 0 aliphatic rings. The van der Waals surface area contributed by atoms with Crippen molar-refractivity contribution in [2.24, 2.45) is 0 Å². The van der Waals surface area contributed by atoms with Crippen LogP contribution in [0.2, 0.25) is 10.0 Å². The van der Waals surface area contributed by atoms with E-state index in [0.29, 0.717) is 27.9 Å². The summed E-state index contributed by atoms with van der Waals surface area (Å²) in [5, 5.41) is 10.9. The Morgan fingerprint density at radius 1 is 1.04 bits per heavy atom. The van der Waals surface area contributed by atoms with Gasteiger partial charge in [0.05, 0.1) is 24.6 Å². The van der Waals surface area contributed by atoms with Crippen molar-refractivity contribution in [1.82, 2.24) is 4.98 Å². The number of aliphatic hydroxyl groups excluding tert-OH is 1. The molecule has 0 fully saturated rings. The Kier molecular flexibility index (Phi) is 6.33. The first-order valence-electron chi connectivity index (χ1n) is 7.87. The number of halogens is 3. The first-order valence-corrected chi connectivity index (χ1v) is 9.42. The van der Waals surface area contributed by atoms with Crippen LogP contribution >= 0.6 is 39.1 Å². The first-order chi connectivity index (χ1) is 12.5. The summed E-state index contributed by atoms with van der Waals surface area (Å²) in [4.78, 5) is 4.78. The SMILES string of the molecule is COCc1nc(-c2ccc(Br)cc2)c(-c2ccc(Cl)cc2Cl)cc1CO. The van der Waals surface area contributed by atoms with Crippen molar-refractivity contribution in [2.45, 2.75) is 13.2 Å².